The van der Waals surface area contributed by atoms with Crippen molar-refractivity contribution < 1.29 is 0 Å². The monoisotopic (exact) mass is 232 g/mol. The van der Waals surface area contributed by atoms with Gasteiger partial charge in [-0.1, -0.05) is 12.1 Å². The maximum Gasteiger partial charge on any atom is 0.191 e. The van der Waals surface area contributed by atoms with Gasteiger partial charge >= 0.3 is 0 Å². The number of guanidine groups is 1. The summed E-state index contributed by atoms with van der Waals surface area (Å²) < 4.78 is 0. The highest BCUT2D eigenvalue weighted by Gasteiger charge is 2.03. The lowest BCUT2D eigenvalue weighted by molar-refractivity contribution is 0.702. The van der Waals surface area contributed by atoms with E-state index in [1.165, 1.54) is 11.3 Å². The van der Waals surface area contributed by atoms with E-state index < -0.39 is 0 Å². The van der Waals surface area contributed by atoms with Gasteiger partial charge in [-0.05, 0) is 24.1 Å². The van der Waals surface area contributed by atoms with Gasteiger partial charge in [-0.2, -0.15) is 0 Å². The van der Waals surface area contributed by atoms with Crippen LogP contribution in [-0.2, 0) is 6.54 Å². The van der Waals surface area contributed by atoms with Crippen LogP contribution in [-0.4, -0.2) is 33.1 Å². The number of nitrogens with one attached hydrogen (secondary N) is 2. The van der Waals surface area contributed by atoms with Crippen molar-refractivity contribution in [3.05, 3.63) is 29.8 Å². The van der Waals surface area contributed by atoms with E-state index in [0.717, 1.165) is 32.0 Å². The molecular formula is C13H20N4. The first-order valence-electron chi connectivity index (χ1n) is 6.04. The number of hydrogen-bond donors (Lipinski definition) is 2. The van der Waals surface area contributed by atoms with Crippen LogP contribution in [0.15, 0.2) is 29.3 Å². The highest BCUT2D eigenvalue weighted by atomic mass is 15.2. The average molecular weight is 232 g/mol. The molecule has 4 heteroatoms. The van der Waals surface area contributed by atoms with Crippen LogP contribution in [0.1, 0.15) is 12.0 Å². The zero-order valence-corrected chi connectivity index (χ0v) is 10.5. The van der Waals surface area contributed by atoms with Gasteiger partial charge in [-0.25, -0.2) is 0 Å². The third-order valence-electron chi connectivity index (χ3n) is 2.81. The molecule has 1 aliphatic heterocycles. The number of anilines is 1. The Balaban J connectivity index is 1.88. The lowest BCUT2D eigenvalue weighted by atomic mass is 10.2. The minimum absolute atomic E-state index is 0.819. The van der Waals surface area contributed by atoms with E-state index in [0.29, 0.717) is 0 Å². The van der Waals surface area contributed by atoms with Crippen LogP contribution < -0.4 is 15.5 Å². The van der Waals surface area contributed by atoms with Gasteiger partial charge in [0.25, 0.3) is 0 Å². The van der Waals surface area contributed by atoms with Crippen LogP contribution in [0.2, 0.25) is 0 Å². The summed E-state index contributed by atoms with van der Waals surface area (Å²) in [6.45, 7) is 2.76. The molecule has 0 amide bonds. The Hall–Kier alpha value is -1.71. The predicted molar refractivity (Wildman–Crippen MR) is 72.5 cm³/mol. The van der Waals surface area contributed by atoms with Gasteiger partial charge < -0.3 is 15.5 Å². The molecule has 0 radical (unpaired) electrons. The molecule has 0 fully saturated rings. The van der Waals surface area contributed by atoms with Crippen molar-refractivity contribution in [2.24, 2.45) is 4.99 Å². The van der Waals surface area contributed by atoms with Gasteiger partial charge in [0, 0.05) is 39.4 Å². The van der Waals surface area contributed by atoms with E-state index in [1.54, 1.807) is 0 Å². The smallest absolute Gasteiger partial charge is 0.191 e. The third-order valence-corrected chi connectivity index (χ3v) is 2.81. The number of benzene rings is 1. The fourth-order valence-electron chi connectivity index (χ4n) is 1.75. The summed E-state index contributed by atoms with van der Waals surface area (Å²) in [6, 6.07) is 8.55. The molecule has 0 spiro atoms. The SMILES string of the molecule is CN(C)c1ccc(CNC2=NCCCN2)cc1. The topological polar surface area (TPSA) is 39.7 Å². The standard InChI is InChI=1S/C13H20N4/c1-17(2)12-6-4-11(5-7-12)10-16-13-14-8-3-9-15-13/h4-7H,3,8-10H2,1-2H3,(H2,14,15,16). The Morgan fingerprint density at radius 2 is 2.06 bits per heavy atom. The van der Waals surface area contributed by atoms with Crippen molar-refractivity contribution in [3.8, 4) is 0 Å². The number of hydrogen-bond acceptors (Lipinski definition) is 4. The second-order valence-corrected chi connectivity index (χ2v) is 4.43. The molecule has 0 unspecified atom stereocenters. The summed E-state index contributed by atoms with van der Waals surface area (Å²) >= 11 is 0. The molecule has 2 N–H and O–H groups in total. The van der Waals surface area contributed by atoms with Gasteiger partial charge in [0.2, 0.25) is 0 Å². The summed E-state index contributed by atoms with van der Waals surface area (Å²) in [5.74, 6) is 0.924. The van der Waals surface area contributed by atoms with E-state index in [9.17, 15) is 0 Å². The molecule has 17 heavy (non-hydrogen) atoms. The van der Waals surface area contributed by atoms with Crippen molar-refractivity contribution in [3.63, 3.8) is 0 Å². The van der Waals surface area contributed by atoms with Gasteiger partial charge in [0.15, 0.2) is 5.96 Å². The van der Waals surface area contributed by atoms with E-state index >= 15 is 0 Å². The van der Waals surface area contributed by atoms with E-state index in [2.05, 4.69) is 44.8 Å². The Labute approximate surface area is 103 Å². The largest absolute Gasteiger partial charge is 0.378 e. The molecule has 4 nitrogen and oxygen atoms in total. The first-order valence-corrected chi connectivity index (χ1v) is 6.04. The Morgan fingerprint density at radius 3 is 2.65 bits per heavy atom. The van der Waals surface area contributed by atoms with Crippen LogP contribution in [0.25, 0.3) is 0 Å². The zero-order chi connectivity index (χ0) is 12.1. The number of rotatable bonds is 3. The molecule has 0 atom stereocenters. The molecule has 1 heterocycles. The molecule has 0 aliphatic carbocycles. The molecule has 0 aromatic heterocycles. The maximum absolute atomic E-state index is 4.38. The second kappa shape index (κ2) is 5.57. The van der Waals surface area contributed by atoms with Crippen molar-refractivity contribution >= 4 is 11.6 Å². The van der Waals surface area contributed by atoms with Crippen molar-refractivity contribution in [2.45, 2.75) is 13.0 Å². The fourth-order valence-corrected chi connectivity index (χ4v) is 1.75. The van der Waals surface area contributed by atoms with E-state index in [-0.39, 0.29) is 0 Å². The number of nitrogens with zero attached hydrogens (tertiary/aromatic N) is 2. The van der Waals surface area contributed by atoms with Crippen molar-refractivity contribution in [2.75, 3.05) is 32.1 Å². The minimum atomic E-state index is 0.819. The van der Waals surface area contributed by atoms with Gasteiger partial charge in [-0.3, -0.25) is 4.99 Å². The average Bonchev–Trinajstić information content (AvgIpc) is 2.38. The minimum Gasteiger partial charge on any atom is -0.378 e. The Bertz CT molecular complexity index is 381. The molecule has 0 saturated carbocycles. The highest BCUT2D eigenvalue weighted by Crippen LogP contribution is 2.11. The molecular weight excluding hydrogens is 212 g/mol. The van der Waals surface area contributed by atoms with Gasteiger partial charge in [0.1, 0.15) is 0 Å². The summed E-state index contributed by atoms with van der Waals surface area (Å²) in [5, 5.41) is 6.56. The molecule has 1 aliphatic rings. The first-order chi connectivity index (χ1) is 8.25. The lowest BCUT2D eigenvalue weighted by Crippen LogP contribution is -2.40. The summed E-state index contributed by atoms with van der Waals surface area (Å²) in [6.07, 6.45) is 1.13. The highest BCUT2D eigenvalue weighted by molar-refractivity contribution is 5.80. The summed E-state index contributed by atoms with van der Waals surface area (Å²) in [5.41, 5.74) is 2.49. The molecule has 2 rings (SSSR count). The summed E-state index contributed by atoms with van der Waals surface area (Å²) in [4.78, 5) is 6.48. The lowest BCUT2D eigenvalue weighted by Gasteiger charge is -2.16. The van der Waals surface area contributed by atoms with Crippen molar-refractivity contribution in [1.29, 1.82) is 0 Å². The van der Waals surface area contributed by atoms with E-state index in [4.69, 9.17) is 0 Å². The van der Waals surface area contributed by atoms with Crippen LogP contribution in [0.4, 0.5) is 5.69 Å². The van der Waals surface area contributed by atoms with E-state index in [1.807, 2.05) is 14.1 Å². The zero-order valence-electron chi connectivity index (χ0n) is 10.5. The van der Waals surface area contributed by atoms with Crippen LogP contribution in [0, 0.1) is 0 Å². The van der Waals surface area contributed by atoms with Crippen molar-refractivity contribution in [1.82, 2.24) is 10.6 Å². The van der Waals surface area contributed by atoms with Crippen LogP contribution >= 0.6 is 0 Å². The molecule has 92 valence electrons. The first kappa shape index (κ1) is 11.8. The summed E-state index contributed by atoms with van der Waals surface area (Å²) in [7, 11) is 4.10. The van der Waals surface area contributed by atoms with Gasteiger partial charge in [-0.15, -0.1) is 0 Å². The molecule has 1 aromatic carbocycles. The Morgan fingerprint density at radius 1 is 1.29 bits per heavy atom. The number of aliphatic imine (C=N–C) groups is 1. The predicted octanol–water partition coefficient (Wildman–Crippen LogP) is 1.19. The quantitative estimate of drug-likeness (QED) is 0.822. The second-order valence-electron chi connectivity index (χ2n) is 4.43. The van der Waals surface area contributed by atoms with Gasteiger partial charge in [0.05, 0.1) is 0 Å². The molecule has 1 aromatic rings. The molecule has 0 bridgehead atoms. The Kier molecular flexibility index (Phi) is 3.85. The fraction of sp³-hybridized carbons (Fsp3) is 0.462. The third kappa shape index (κ3) is 3.37. The molecule has 0 saturated heterocycles. The van der Waals surface area contributed by atoms with Crippen LogP contribution in [0.5, 0.6) is 0 Å². The van der Waals surface area contributed by atoms with Crippen LogP contribution in [0.3, 0.4) is 0 Å². The normalized spacial score (nSPS) is 14.8. The maximum atomic E-state index is 4.38.